The quantitative estimate of drug-likeness (QED) is 0.517. The van der Waals surface area contributed by atoms with E-state index in [4.69, 9.17) is 21.1 Å². The standard InChI is InChI=1S/C16H14ClIO4/c1-20-11-3-5-12(6-4-11)22-16-13(17)7-10(8-14(16)18)9-15(19)21-2/h3-8H,9H2,1-2H3. The van der Waals surface area contributed by atoms with Crippen LogP contribution in [0.1, 0.15) is 5.56 Å². The minimum atomic E-state index is -0.310. The Hall–Kier alpha value is -1.47. The number of carbonyl (C=O) groups excluding carboxylic acids is 1. The van der Waals surface area contributed by atoms with Crippen molar-refractivity contribution in [2.24, 2.45) is 0 Å². The number of benzene rings is 2. The third kappa shape index (κ3) is 4.27. The Bertz CT molecular complexity index is 647. The van der Waals surface area contributed by atoms with Gasteiger partial charge >= 0.3 is 5.97 Å². The van der Waals surface area contributed by atoms with Gasteiger partial charge in [0.1, 0.15) is 11.5 Å². The summed E-state index contributed by atoms with van der Waals surface area (Å²) in [4.78, 5) is 11.3. The molecule has 0 amide bonds. The summed E-state index contributed by atoms with van der Waals surface area (Å²) in [5.74, 6) is 1.65. The van der Waals surface area contributed by atoms with E-state index in [1.165, 1.54) is 7.11 Å². The Kier molecular flexibility index (Phi) is 5.90. The van der Waals surface area contributed by atoms with Gasteiger partial charge in [-0.2, -0.15) is 0 Å². The molecule has 0 fully saturated rings. The molecule has 2 aromatic rings. The van der Waals surface area contributed by atoms with Crippen molar-refractivity contribution in [3.8, 4) is 17.2 Å². The maximum Gasteiger partial charge on any atom is 0.309 e. The van der Waals surface area contributed by atoms with Gasteiger partial charge in [-0.1, -0.05) is 11.6 Å². The van der Waals surface area contributed by atoms with Gasteiger partial charge in [-0.3, -0.25) is 4.79 Å². The molecule has 0 aliphatic heterocycles. The summed E-state index contributed by atoms with van der Waals surface area (Å²) in [6, 6.07) is 10.8. The Morgan fingerprint density at radius 3 is 2.32 bits per heavy atom. The molecule has 2 aromatic carbocycles. The minimum Gasteiger partial charge on any atom is -0.497 e. The summed E-state index contributed by atoms with van der Waals surface area (Å²) >= 11 is 8.39. The van der Waals surface area contributed by atoms with E-state index in [1.54, 1.807) is 25.3 Å². The molecule has 0 atom stereocenters. The summed E-state index contributed by atoms with van der Waals surface area (Å²) in [5, 5.41) is 0.446. The van der Waals surface area contributed by atoms with Crippen molar-refractivity contribution in [3.05, 3.63) is 50.6 Å². The van der Waals surface area contributed by atoms with Crippen molar-refractivity contribution < 1.29 is 19.0 Å². The van der Waals surface area contributed by atoms with Gasteiger partial charge in [-0.05, 0) is 64.6 Å². The molecule has 0 aliphatic carbocycles. The number of carbonyl (C=O) groups is 1. The number of hydrogen-bond acceptors (Lipinski definition) is 4. The average molecular weight is 433 g/mol. The van der Waals surface area contributed by atoms with Gasteiger partial charge in [0, 0.05) is 0 Å². The number of halogens is 2. The molecule has 116 valence electrons. The minimum absolute atomic E-state index is 0.176. The number of methoxy groups -OCH3 is 2. The van der Waals surface area contributed by atoms with Crippen LogP contribution in [-0.2, 0) is 16.0 Å². The number of ether oxygens (including phenoxy) is 3. The lowest BCUT2D eigenvalue weighted by Crippen LogP contribution is -2.05. The van der Waals surface area contributed by atoms with Gasteiger partial charge in [0.2, 0.25) is 0 Å². The van der Waals surface area contributed by atoms with Crippen LogP contribution >= 0.6 is 34.2 Å². The second-order valence-corrected chi connectivity index (χ2v) is 5.99. The second-order valence-electron chi connectivity index (χ2n) is 4.42. The number of esters is 1. The van der Waals surface area contributed by atoms with Gasteiger partial charge in [-0.25, -0.2) is 0 Å². The fraction of sp³-hybridized carbons (Fsp3) is 0.188. The summed E-state index contributed by atoms with van der Waals surface area (Å²) in [6.45, 7) is 0. The van der Waals surface area contributed by atoms with Crippen LogP contribution in [0.4, 0.5) is 0 Å². The molecular formula is C16H14ClIO4. The molecule has 0 heterocycles. The van der Waals surface area contributed by atoms with Crippen LogP contribution in [0.3, 0.4) is 0 Å². The normalized spacial score (nSPS) is 10.2. The lowest BCUT2D eigenvalue weighted by molar-refractivity contribution is -0.139. The van der Waals surface area contributed by atoms with Gasteiger partial charge in [0.25, 0.3) is 0 Å². The molecule has 0 radical (unpaired) electrons. The lowest BCUT2D eigenvalue weighted by atomic mass is 10.1. The Balaban J connectivity index is 2.21. The summed E-state index contributed by atoms with van der Waals surface area (Å²) in [6.07, 6.45) is 0.176. The van der Waals surface area contributed by atoms with Gasteiger partial charge in [0.05, 0.1) is 29.2 Å². The maximum atomic E-state index is 11.3. The van der Waals surface area contributed by atoms with Crippen LogP contribution in [0.25, 0.3) is 0 Å². The van der Waals surface area contributed by atoms with Crippen LogP contribution in [0.15, 0.2) is 36.4 Å². The monoisotopic (exact) mass is 432 g/mol. The molecular weight excluding hydrogens is 419 g/mol. The predicted molar refractivity (Wildman–Crippen MR) is 93.0 cm³/mol. The highest BCUT2D eigenvalue weighted by atomic mass is 127. The fourth-order valence-electron chi connectivity index (χ4n) is 1.81. The van der Waals surface area contributed by atoms with Crippen molar-refractivity contribution in [3.63, 3.8) is 0 Å². The molecule has 2 rings (SSSR count). The first kappa shape index (κ1) is 16.9. The fourth-order valence-corrected chi connectivity index (χ4v) is 3.05. The highest BCUT2D eigenvalue weighted by Gasteiger charge is 2.13. The van der Waals surface area contributed by atoms with Gasteiger partial charge in [0.15, 0.2) is 5.75 Å². The topological polar surface area (TPSA) is 44.8 Å². The summed E-state index contributed by atoms with van der Waals surface area (Å²) in [5.41, 5.74) is 0.781. The summed E-state index contributed by atoms with van der Waals surface area (Å²) < 4.78 is 16.4. The molecule has 4 nitrogen and oxygen atoms in total. The molecule has 0 unspecified atom stereocenters. The third-order valence-electron chi connectivity index (χ3n) is 2.91. The molecule has 0 saturated carbocycles. The van der Waals surface area contributed by atoms with E-state index >= 15 is 0 Å². The van der Waals surface area contributed by atoms with Gasteiger partial charge < -0.3 is 14.2 Å². The Morgan fingerprint density at radius 2 is 1.77 bits per heavy atom. The molecule has 22 heavy (non-hydrogen) atoms. The molecule has 0 N–H and O–H groups in total. The Morgan fingerprint density at radius 1 is 1.14 bits per heavy atom. The SMILES string of the molecule is COC(=O)Cc1cc(Cl)c(Oc2ccc(OC)cc2)c(I)c1. The zero-order chi connectivity index (χ0) is 16.1. The van der Waals surface area contributed by atoms with E-state index in [2.05, 4.69) is 27.3 Å². The molecule has 0 aromatic heterocycles. The third-order valence-corrected chi connectivity index (χ3v) is 4.00. The van der Waals surface area contributed by atoms with Crippen molar-refractivity contribution in [2.45, 2.75) is 6.42 Å². The average Bonchev–Trinajstić information content (AvgIpc) is 2.51. The maximum absolute atomic E-state index is 11.3. The van der Waals surface area contributed by atoms with Crippen molar-refractivity contribution in [1.29, 1.82) is 0 Å². The largest absolute Gasteiger partial charge is 0.497 e. The highest BCUT2D eigenvalue weighted by molar-refractivity contribution is 14.1. The van der Waals surface area contributed by atoms with Crippen LogP contribution in [-0.4, -0.2) is 20.2 Å². The first-order chi connectivity index (χ1) is 10.5. The molecule has 0 aliphatic rings. The number of rotatable bonds is 5. The summed E-state index contributed by atoms with van der Waals surface area (Å²) in [7, 11) is 2.96. The van der Waals surface area contributed by atoms with E-state index in [0.717, 1.165) is 14.9 Å². The van der Waals surface area contributed by atoms with E-state index in [0.29, 0.717) is 16.5 Å². The Labute approximate surface area is 147 Å². The number of hydrogen-bond donors (Lipinski definition) is 0. The van der Waals surface area contributed by atoms with Crippen LogP contribution < -0.4 is 9.47 Å². The zero-order valence-electron chi connectivity index (χ0n) is 12.1. The van der Waals surface area contributed by atoms with Gasteiger partial charge in [-0.15, -0.1) is 0 Å². The highest BCUT2D eigenvalue weighted by Crippen LogP contribution is 2.35. The van der Waals surface area contributed by atoms with E-state index in [9.17, 15) is 4.79 Å². The molecule has 0 saturated heterocycles. The zero-order valence-corrected chi connectivity index (χ0v) is 15.0. The molecule has 6 heteroatoms. The van der Waals surface area contributed by atoms with E-state index in [1.807, 2.05) is 18.2 Å². The molecule has 0 spiro atoms. The van der Waals surface area contributed by atoms with E-state index < -0.39 is 0 Å². The van der Waals surface area contributed by atoms with Crippen LogP contribution in [0.5, 0.6) is 17.2 Å². The lowest BCUT2D eigenvalue weighted by Gasteiger charge is -2.12. The second kappa shape index (κ2) is 7.69. The first-order valence-electron chi connectivity index (χ1n) is 6.40. The van der Waals surface area contributed by atoms with Crippen molar-refractivity contribution >= 4 is 40.2 Å². The predicted octanol–water partition coefficient (Wildman–Crippen LogP) is 4.46. The van der Waals surface area contributed by atoms with E-state index in [-0.39, 0.29) is 12.4 Å². The van der Waals surface area contributed by atoms with Crippen molar-refractivity contribution in [2.75, 3.05) is 14.2 Å². The molecule has 0 bridgehead atoms. The smallest absolute Gasteiger partial charge is 0.309 e. The van der Waals surface area contributed by atoms with Crippen LogP contribution in [0, 0.1) is 3.57 Å². The van der Waals surface area contributed by atoms with Crippen molar-refractivity contribution in [1.82, 2.24) is 0 Å². The first-order valence-corrected chi connectivity index (χ1v) is 7.85. The van der Waals surface area contributed by atoms with Crippen LogP contribution in [0.2, 0.25) is 5.02 Å².